The van der Waals surface area contributed by atoms with Gasteiger partial charge in [0, 0.05) is 0 Å². The fraction of sp³-hybridized carbons (Fsp3) is 0.0909. The lowest BCUT2D eigenvalue weighted by Gasteiger charge is -1.97. The molecule has 0 bridgehead atoms. The number of hydrogen-bond donors (Lipinski definition) is 3. The summed E-state index contributed by atoms with van der Waals surface area (Å²) in [7, 11) is 0. The van der Waals surface area contributed by atoms with Crippen molar-refractivity contribution in [3.05, 3.63) is 36.3 Å². The summed E-state index contributed by atoms with van der Waals surface area (Å²) in [4.78, 5) is 17.3. The number of aromatic hydroxyl groups is 1. The Morgan fingerprint density at radius 1 is 1.31 bits per heavy atom. The number of benzene rings is 1. The van der Waals surface area contributed by atoms with Gasteiger partial charge >= 0.3 is 5.97 Å². The van der Waals surface area contributed by atoms with Gasteiger partial charge in [0.2, 0.25) is 0 Å². The molecule has 5 heteroatoms. The van der Waals surface area contributed by atoms with Crippen LogP contribution in [0.15, 0.2) is 30.5 Å². The lowest BCUT2D eigenvalue weighted by molar-refractivity contribution is -0.136. The second-order valence-corrected chi connectivity index (χ2v) is 3.36. The van der Waals surface area contributed by atoms with Gasteiger partial charge in [-0.25, -0.2) is 4.98 Å². The van der Waals surface area contributed by atoms with Crippen molar-refractivity contribution in [1.82, 2.24) is 9.97 Å². The van der Waals surface area contributed by atoms with Crippen molar-refractivity contribution < 1.29 is 15.0 Å². The Balaban J connectivity index is 2.24. The van der Waals surface area contributed by atoms with Gasteiger partial charge in [-0.15, -0.1) is 0 Å². The topological polar surface area (TPSA) is 86.2 Å². The first-order valence-corrected chi connectivity index (χ1v) is 4.70. The number of H-pyrrole nitrogens is 1. The second kappa shape index (κ2) is 4.06. The molecule has 0 unspecified atom stereocenters. The molecule has 0 amide bonds. The first-order chi connectivity index (χ1) is 7.65. The number of nitrogens with one attached hydrogen (secondary N) is 1. The summed E-state index contributed by atoms with van der Waals surface area (Å²) in [5.74, 6) is -0.323. The maximum absolute atomic E-state index is 10.5. The average Bonchev–Trinajstić information content (AvgIpc) is 2.66. The normalized spacial score (nSPS) is 10.2. The summed E-state index contributed by atoms with van der Waals surface area (Å²) in [5, 5.41) is 17.7. The molecule has 16 heavy (non-hydrogen) atoms. The predicted molar refractivity (Wildman–Crippen MR) is 57.0 cm³/mol. The van der Waals surface area contributed by atoms with Gasteiger partial charge in [-0.05, 0) is 29.8 Å². The molecule has 0 aliphatic rings. The number of imidazole rings is 1. The highest BCUT2D eigenvalue weighted by Crippen LogP contribution is 2.19. The molecule has 2 rings (SSSR count). The zero-order valence-corrected chi connectivity index (χ0v) is 8.34. The minimum atomic E-state index is -0.924. The maximum atomic E-state index is 10.5. The zero-order valence-electron chi connectivity index (χ0n) is 8.34. The van der Waals surface area contributed by atoms with Gasteiger partial charge < -0.3 is 15.2 Å². The molecular weight excluding hydrogens is 208 g/mol. The third-order valence-electron chi connectivity index (χ3n) is 2.13. The van der Waals surface area contributed by atoms with Crippen LogP contribution >= 0.6 is 0 Å². The number of rotatable bonds is 3. The summed E-state index contributed by atoms with van der Waals surface area (Å²) in [5.41, 5.74) is 1.58. The van der Waals surface area contributed by atoms with Crippen LogP contribution in [0.5, 0.6) is 5.75 Å². The number of aromatic nitrogens is 2. The standard InChI is InChI=1S/C11H10N2O3/c14-8-3-1-7(2-4-8)9-6-12-10(13-9)5-11(15)16/h1-4,6,14H,5H2,(H,12,13)(H,15,16). The van der Waals surface area contributed by atoms with E-state index in [-0.39, 0.29) is 12.2 Å². The largest absolute Gasteiger partial charge is 0.508 e. The van der Waals surface area contributed by atoms with Crippen LogP contribution < -0.4 is 0 Å². The molecule has 0 aliphatic carbocycles. The molecule has 0 spiro atoms. The Hall–Kier alpha value is -2.30. The van der Waals surface area contributed by atoms with E-state index >= 15 is 0 Å². The summed E-state index contributed by atoms with van der Waals surface area (Å²) in [6.07, 6.45) is 1.45. The van der Waals surface area contributed by atoms with Crippen LogP contribution in [0.4, 0.5) is 0 Å². The fourth-order valence-electron chi connectivity index (χ4n) is 1.38. The molecule has 0 fully saturated rings. The number of phenolic OH excluding ortho intramolecular Hbond substituents is 1. The van der Waals surface area contributed by atoms with Crippen LogP contribution in [-0.2, 0) is 11.2 Å². The number of aromatic amines is 1. The molecule has 5 nitrogen and oxygen atoms in total. The molecule has 1 aromatic heterocycles. The van der Waals surface area contributed by atoms with E-state index in [0.29, 0.717) is 5.82 Å². The smallest absolute Gasteiger partial charge is 0.311 e. The van der Waals surface area contributed by atoms with Gasteiger partial charge in [-0.2, -0.15) is 0 Å². The number of phenols is 1. The number of carboxylic acid groups (broad SMARTS) is 1. The van der Waals surface area contributed by atoms with Crippen molar-refractivity contribution in [1.29, 1.82) is 0 Å². The van der Waals surface area contributed by atoms with Gasteiger partial charge in [0.1, 0.15) is 18.0 Å². The Morgan fingerprint density at radius 2 is 2.00 bits per heavy atom. The quantitative estimate of drug-likeness (QED) is 0.727. The SMILES string of the molecule is O=C(O)Cc1ncc(-c2ccc(O)cc2)[nH]1. The molecule has 0 atom stereocenters. The number of nitrogens with zero attached hydrogens (tertiary/aromatic N) is 1. The van der Waals surface area contributed by atoms with Crippen LogP contribution in [0.1, 0.15) is 5.82 Å². The highest BCUT2D eigenvalue weighted by molar-refractivity contribution is 5.69. The van der Waals surface area contributed by atoms with Crippen LogP contribution in [-0.4, -0.2) is 26.2 Å². The molecule has 0 aliphatic heterocycles. The summed E-state index contributed by atoms with van der Waals surface area (Å²) in [6.45, 7) is 0. The van der Waals surface area contributed by atoms with E-state index < -0.39 is 5.97 Å². The lowest BCUT2D eigenvalue weighted by Crippen LogP contribution is -2.01. The first kappa shape index (κ1) is 10.2. The van der Waals surface area contributed by atoms with Gasteiger partial charge in [0.05, 0.1) is 11.9 Å². The number of carbonyl (C=O) groups is 1. The number of aliphatic carboxylic acids is 1. The number of hydrogen-bond acceptors (Lipinski definition) is 3. The minimum Gasteiger partial charge on any atom is -0.508 e. The van der Waals surface area contributed by atoms with E-state index in [0.717, 1.165) is 11.3 Å². The van der Waals surface area contributed by atoms with Crippen LogP contribution in [0.25, 0.3) is 11.3 Å². The number of carboxylic acids is 1. The molecule has 1 aromatic carbocycles. The zero-order chi connectivity index (χ0) is 11.5. The van der Waals surface area contributed by atoms with E-state index in [4.69, 9.17) is 10.2 Å². The van der Waals surface area contributed by atoms with Crippen molar-refractivity contribution >= 4 is 5.97 Å². The lowest BCUT2D eigenvalue weighted by atomic mass is 10.2. The van der Waals surface area contributed by atoms with Crippen molar-refractivity contribution in [2.45, 2.75) is 6.42 Å². The van der Waals surface area contributed by atoms with Crippen molar-refractivity contribution in [3.8, 4) is 17.0 Å². The van der Waals surface area contributed by atoms with Crippen molar-refractivity contribution in [3.63, 3.8) is 0 Å². The molecule has 1 heterocycles. The van der Waals surface area contributed by atoms with Crippen LogP contribution in [0, 0.1) is 0 Å². The summed E-state index contributed by atoms with van der Waals surface area (Å²) >= 11 is 0. The highest BCUT2D eigenvalue weighted by atomic mass is 16.4. The van der Waals surface area contributed by atoms with Crippen LogP contribution in [0.3, 0.4) is 0 Å². The van der Waals surface area contributed by atoms with E-state index in [9.17, 15) is 4.79 Å². The first-order valence-electron chi connectivity index (χ1n) is 4.70. The maximum Gasteiger partial charge on any atom is 0.311 e. The van der Waals surface area contributed by atoms with Crippen molar-refractivity contribution in [2.75, 3.05) is 0 Å². The Labute approximate surface area is 91.4 Å². The third kappa shape index (κ3) is 2.20. The molecule has 0 saturated heterocycles. The van der Waals surface area contributed by atoms with Gasteiger partial charge in [-0.1, -0.05) is 0 Å². The summed E-state index contributed by atoms with van der Waals surface area (Å²) in [6, 6.07) is 6.58. The second-order valence-electron chi connectivity index (χ2n) is 3.36. The monoisotopic (exact) mass is 218 g/mol. The minimum absolute atomic E-state index is 0.127. The molecule has 3 N–H and O–H groups in total. The van der Waals surface area contributed by atoms with Gasteiger partial charge in [-0.3, -0.25) is 4.79 Å². The third-order valence-corrected chi connectivity index (χ3v) is 2.13. The highest BCUT2D eigenvalue weighted by Gasteiger charge is 2.06. The molecule has 0 radical (unpaired) electrons. The molecule has 2 aromatic rings. The van der Waals surface area contributed by atoms with Crippen molar-refractivity contribution in [2.24, 2.45) is 0 Å². The van der Waals surface area contributed by atoms with Gasteiger partial charge in [0.15, 0.2) is 0 Å². The summed E-state index contributed by atoms with van der Waals surface area (Å²) < 4.78 is 0. The Bertz CT molecular complexity index is 502. The fourth-order valence-corrected chi connectivity index (χ4v) is 1.38. The van der Waals surface area contributed by atoms with E-state index in [1.807, 2.05) is 0 Å². The van der Waals surface area contributed by atoms with E-state index in [1.54, 1.807) is 30.5 Å². The Kier molecular flexibility index (Phi) is 2.59. The molecule has 0 saturated carbocycles. The molecule has 82 valence electrons. The van der Waals surface area contributed by atoms with Gasteiger partial charge in [0.25, 0.3) is 0 Å². The Morgan fingerprint density at radius 3 is 2.62 bits per heavy atom. The molecular formula is C11H10N2O3. The van der Waals surface area contributed by atoms with Crippen LogP contribution in [0.2, 0.25) is 0 Å². The predicted octanol–water partition coefficient (Wildman–Crippen LogP) is 1.41. The average molecular weight is 218 g/mol. The van der Waals surface area contributed by atoms with E-state index in [2.05, 4.69) is 9.97 Å². The van der Waals surface area contributed by atoms with E-state index in [1.165, 1.54) is 0 Å².